The average Bonchev–Trinajstić information content (AvgIpc) is 2.60. The minimum absolute atomic E-state index is 0. The lowest BCUT2D eigenvalue weighted by atomic mass is 10.0. The van der Waals surface area contributed by atoms with Gasteiger partial charge >= 0.3 is 0 Å². The predicted octanol–water partition coefficient (Wildman–Crippen LogP) is -1.13. The molecular weight excluding hydrogens is 227 g/mol. The molecule has 0 saturated heterocycles. The molecule has 0 aliphatic carbocycles. The van der Waals surface area contributed by atoms with Gasteiger partial charge in [0.25, 0.3) is 0 Å². The normalized spacial score (nSPS) is 12.4. The summed E-state index contributed by atoms with van der Waals surface area (Å²) < 4.78 is 12.9. The van der Waals surface area contributed by atoms with Crippen molar-refractivity contribution in [2.75, 3.05) is 0 Å². The molecule has 0 fully saturated rings. The van der Waals surface area contributed by atoms with Gasteiger partial charge in [-0.2, -0.15) is 0 Å². The van der Waals surface area contributed by atoms with Crippen molar-refractivity contribution in [2.45, 2.75) is 25.8 Å². The standard InChI is InChI=1S/C12H15FN2.ClH/c1-2-10(14)5-8-7-15-12-6-9(13)3-4-11(8)12;/h3-4,6-7,10,15H,2,5,14H2,1H3;1H. The molecule has 1 heterocycles. The second kappa shape index (κ2) is 5.32. The molecule has 1 atom stereocenters. The number of fused-ring (bicyclic) bond motifs is 1. The zero-order valence-electron chi connectivity index (χ0n) is 9.26. The van der Waals surface area contributed by atoms with E-state index in [1.807, 2.05) is 12.3 Å². The molecule has 16 heavy (non-hydrogen) atoms. The number of hydrogen-bond donors (Lipinski definition) is 2. The summed E-state index contributed by atoms with van der Waals surface area (Å²) in [6.07, 6.45) is 3.97. The van der Waals surface area contributed by atoms with Gasteiger partial charge in [-0.3, -0.25) is 0 Å². The summed E-state index contributed by atoms with van der Waals surface area (Å²) in [6, 6.07) is 5.29. The molecule has 88 valence electrons. The summed E-state index contributed by atoms with van der Waals surface area (Å²) in [4.78, 5) is 3.09. The minimum Gasteiger partial charge on any atom is -1.00 e. The number of halogens is 2. The molecule has 4 N–H and O–H groups in total. The first-order chi connectivity index (χ1) is 7.20. The van der Waals surface area contributed by atoms with Gasteiger partial charge in [-0.15, -0.1) is 0 Å². The first-order valence-corrected chi connectivity index (χ1v) is 5.29. The summed E-state index contributed by atoms with van der Waals surface area (Å²) in [5, 5.41) is 1.11. The third kappa shape index (κ3) is 2.54. The van der Waals surface area contributed by atoms with Gasteiger partial charge in [-0.05, 0) is 30.2 Å². The Hall–Kier alpha value is -1.06. The van der Waals surface area contributed by atoms with Crippen molar-refractivity contribution in [3.05, 3.63) is 35.8 Å². The van der Waals surface area contributed by atoms with E-state index in [0.717, 1.165) is 23.7 Å². The van der Waals surface area contributed by atoms with Crippen molar-refractivity contribution >= 4 is 10.9 Å². The van der Waals surface area contributed by atoms with E-state index in [9.17, 15) is 4.39 Å². The SMILES string of the molecule is CCC([NH3+])Cc1c[nH]c2cc(F)ccc12.[Cl-]. The highest BCUT2D eigenvalue weighted by molar-refractivity contribution is 5.83. The van der Waals surface area contributed by atoms with E-state index in [2.05, 4.69) is 17.6 Å². The molecule has 2 rings (SSSR count). The molecule has 0 amide bonds. The highest BCUT2D eigenvalue weighted by atomic mass is 35.5. The molecule has 1 aromatic carbocycles. The fourth-order valence-corrected chi connectivity index (χ4v) is 1.78. The van der Waals surface area contributed by atoms with Gasteiger partial charge in [0.05, 0.1) is 6.04 Å². The molecule has 0 aliphatic rings. The second-order valence-electron chi connectivity index (χ2n) is 3.98. The van der Waals surface area contributed by atoms with Gasteiger partial charge in [-0.25, -0.2) is 4.39 Å². The van der Waals surface area contributed by atoms with E-state index in [1.165, 1.54) is 17.7 Å². The van der Waals surface area contributed by atoms with Crippen LogP contribution in [0.1, 0.15) is 18.9 Å². The molecule has 0 spiro atoms. The molecule has 4 heteroatoms. The number of nitrogens with one attached hydrogen (secondary N) is 1. The number of hydrogen-bond acceptors (Lipinski definition) is 0. The van der Waals surface area contributed by atoms with Crippen LogP contribution in [0.5, 0.6) is 0 Å². The van der Waals surface area contributed by atoms with Crippen LogP contribution in [0.2, 0.25) is 0 Å². The van der Waals surface area contributed by atoms with E-state index in [0.29, 0.717) is 6.04 Å². The largest absolute Gasteiger partial charge is 1.00 e. The van der Waals surface area contributed by atoms with Crippen LogP contribution in [0.25, 0.3) is 10.9 Å². The molecule has 0 radical (unpaired) electrons. The van der Waals surface area contributed by atoms with Crippen LogP contribution in [0.3, 0.4) is 0 Å². The van der Waals surface area contributed by atoms with Crippen molar-refractivity contribution in [3.63, 3.8) is 0 Å². The number of benzene rings is 1. The minimum atomic E-state index is -0.197. The van der Waals surface area contributed by atoms with E-state index in [1.54, 1.807) is 0 Å². The molecule has 2 aromatic rings. The lowest BCUT2D eigenvalue weighted by Gasteiger charge is -2.03. The molecule has 1 aromatic heterocycles. The number of quaternary nitrogens is 1. The Bertz CT molecular complexity index is 467. The van der Waals surface area contributed by atoms with Crippen LogP contribution in [-0.2, 0) is 6.42 Å². The van der Waals surface area contributed by atoms with E-state index >= 15 is 0 Å². The summed E-state index contributed by atoms with van der Waals surface area (Å²) in [7, 11) is 0. The Kier molecular flexibility index (Phi) is 4.33. The van der Waals surface area contributed by atoms with E-state index in [-0.39, 0.29) is 18.2 Å². The van der Waals surface area contributed by atoms with Gasteiger partial charge in [0.15, 0.2) is 0 Å². The van der Waals surface area contributed by atoms with Crippen molar-refractivity contribution in [3.8, 4) is 0 Å². The maximum Gasteiger partial charge on any atom is 0.125 e. The Morgan fingerprint density at radius 1 is 1.44 bits per heavy atom. The second-order valence-corrected chi connectivity index (χ2v) is 3.98. The fourth-order valence-electron chi connectivity index (χ4n) is 1.78. The lowest BCUT2D eigenvalue weighted by molar-refractivity contribution is -0.419. The third-order valence-corrected chi connectivity index (χ3v) is 2.82. The highest BCUT2D eigenvalue weighted by Gasteiger charge is 2.09. The molecule has 0 bridgehead atoms. The van der Waals surface area contributed by atoms with Crippen molar-refractivity contribution in [2.24, 2.45) is 0 Å². The lowest BCUT2D eigenvalue weighted by Crippen LogP contribution is -3.00. The topological polar surface area (TPSA) is 43.4 Å². The number of aromatic amines is 1. The molecular formula is C12H16ClFN2. The molecule has 0 aliphatic heterocycles. The summed E-state index contributed by atoms with van der Waals surface area (Å²) in [5.41, 5.74) is 6.17. The quantitative estimate of drug-likeness (QED) is 0.685. The number of rotatable bonds is 3. The van der Waals surface area contributed by atoms with Crippen LogP contribution in [-0.4, -0.2) is 11.0 Å². The van der Waals surface area contributed by atoms with Gasteiger partial charge in [0.1, 0.15) is 5.82 Å². The predicted molar refractivity (Wildman–Crippen MR) is 58.9 cm³/mol. The Morgan fingerprint density at radius 3 is 2.88 bits per heavy atom. The van der Waals surface area contributed by atoms with Gasteiger partial charge < -0.3 is 23.1 Å². The molecule has 1 unspecified atom stereocenters. The van der Waals surface area contributed by atoms with Crippen LogP contribution < -0.4 is 18.1 Å². The Morgan fingerprint density at radius 2 is 2.19 bits per heavy atom. The first-order valence-electron chi connectivity index (χ1n) is 5.29. The third-order valence-electron chi connectivity index (χ3n) is 2.82. The monoisotopic (exact) mass is 242 g/mol. The summed E-state index contributed by atoms with van der Waals surface area (Å²) in [6.45, 7) is 2.13. The molecule has 0 saturated carbocycles. The average molecular weight is 243 g/mol. The summed E-state index contributed by atoms with van der Waals surface area (Å²) >= 11 is 0. The van der Waals surface area contributed by atoms with Crippen molar-refractivity contribution in [1.29, 1.82) is 0 Å². The van der Waals surface area contributed by atoms with Crippen molar-refractivity contribution in [1.82, 2.24) is 4.98 Å². The summed E-state index contributed by atoms with van der Waals surface area (Å²) in [5.74, 6) is -0.197. The first kappa shape index (κ1) is 13.0. The van der Waals surface area contributed by atoms with E-state index in [4.69, 9.17) is 0 Å². The fraction of sp³-hybridized carbons (Fsp3) is 0.333. The van der Waals surface area contributed by atoms with Crippen LogP contribution in [0.15, 0.2) is 24.4 Å². The maximum atomic E-state index is 12.9. The number of H-pyrrole nitrogens is 1. The van der Waals surface area contributed by atoms with Crippen LogP contribution >= 0.6 is 0 Å². The maximum absolute atomic E-state index is 12.9. The van der Waals surface area contributed by atoms with Gasteiger partial charge in [-0.1, -0.05) is 6.92 Å². The van der Waals surface area contributed by atoms with Crippen LogP contribution in [0.4, 0.5) is 4.39 Å². The zero-order chi connectivity index (χ0) is 10.8. The number of aromatic nitrogens is 1. The highest BCUT2D eigenvalue weighted by Crippen LogP contribution is 2.20. The Labute approximate surface area is 100 Å². The van der Waals surface area contributed by atoms with Crippen molar-refractivity contribution < 1.29 is 22.5 Å². The van der Waals surface area contributed by atoms with Gasteiger partial charge in [0, 0.05) is 23.5 Å². The Balaban J connectivity index is 0.00000128. The van der Waals surface area contributed by atoms with E-state index < -0.39 is 0 Å². The zero-order valence-corrected chi connectivity index (χ0v) is 10.0. The smallest absolute Gasteiger partial charge is 0.125 e. The van der Waals surface area contributed by atoms with Crippen LogP contribution in [0, 0.1) is 5.82 Å². The molecule has 2 nitrogen and oxygen atoms in total. The van der Waals surface area contributed by atoms with Gasteiger partial charge in [0.2, 0.25) is 0 Å².